The molecular weight excluding hydrogens is 533 g/mol. The molecule has 1 aliphatic heterocycles. The van der Waals surface area contributed by atoms with E-state index in [2.05, 4.69) is 5.16 Å². The van der Waals surface area contributed by atoms with Gasteiger partial charge >= 0.3 is 6.16 Å². The predicted octanol–water partition coefficient (Wildman–Crippen LogP) is 5.54. The number of hydrogen-bond acceptors (Lipinski definition) is 9. The normalized spacial score (nSPS) is 23.8. The smallest absolute Gasteiger partial charge is 0.470 e. The van der Waals surface area contributed by atoms with Crippen molar-refractivity contribution in [1.29, 1.82) is 0 Å². The number of aromatic nitrogens is 1. The molecular formula is C31H26FNO8. The lowest BCUT2D eigenvalue weighted by atomic mass is 9.63. The summed E-state index contributed by atoms with van der Waals surface area (Å²) in [7, 11) is 0. The van der Waals surface area contributed by atoms with Crippen molar-refractivity contribution in [2.24, 2.45) is 11.8 Å². The third kappa shape index (κ3) is 3.95. The number of ketones is 2. The minimum atomic E-state index is -1.32. The number of hydrogen-bond donors (Lipinski definition) is 0. The number of halogens is 1. The van der Waals surface area contributed by atoms with Gasteiger partial charge in [0.1, 0.15) is 29.3 Å². The first-order valence-corrected chi connectivity index (χ1v) is 13.5. The van der Waals surface area contributed by atoms with Crippen molar-refractivity contribution in [3.05, 3.63) is 87.6 Å². The molecule has 0 saturated carbocycles. The zero-order valence-corrected chi connectivity index (χ0v) is 22.6. The van der Waals surface area contributed by atoms with Crippen molar-refractivity contribution in [3.63, 3.8) is 0 Å². The molecule has 10 heteroatoms. The fourth-order valence-corrected chi connectivity index (χ4v) is 6.29. The second kappa shape index (κ2) is 8.76. The van der Waals surface area contributed by atoms with Gasteiger partial charge in [-0.05, 0) is 62.4 Å². The van der Waals surface area contributed by atoms with Gasteiger partial charge in [0.25, 0.3) is 5.88 Å². The fourth-order valence-electron chi connectivity index (χ4n) is 6.29. The van der Waals surface area contributed by atoms with Crippen molar-refractivity contribution < 1.29 is 42.2 Å². The lowest BCUT2D eigenvalue weighted by Gasteiger charge is -2.35. The molecule has 1 aromatic heterocycles. The number of nitrogens with zero attached hydrogens (tertiary/aromatic N) is 1. The highest BCUT2D eigenvalue weighted by Gasteiger charge is 2.72. The first kappa shape index (κ1) is 25.5. The molecule has 41 heavy (non-hydrogen) atoms. The third-order valence-corrected chi connectivity index (χ3v) is 8.02. The Morgan fingerprint density at radius 2 is 1.88 bits per heavy atom. The summed E-state index contributed by atoms with van der Waals surface area (Å²) in [5.41, 5.74) is -0.602. The predicted molar refractivity (Wildman–Crippen MR) is 139 cm³/mol. The highest BCUT2D eigenvalue weighted by Crippen LogP contribution is 2.63. The second-order valence-electron chi connectivity index (χ2n) is 11.8. The van der Waals surface area contributed by atoms with Crippen molar-refractivity contribution in [2.45, 2.75) is 57.8 Å². The van der Waals surface area contributed by atoms with Crippen LogP contribution in [0.4, 0.5) is 9.18 Å². The quantitative estimate of drug-likeness (QED) is 0.231. The van der Waals surface area contributed by atoms with E-state index in [-0.39, 0.29) is 64.7 Å². The first-order chi connectivity index (χ1) is 19.6. The van der Waals surface area contributed by atoms with E-state index in [4.69, 9.17) is 23.5 Å². The maximum Gasteiger partial charge on any atom is 0.514 e. The second-order valence-corrected chi connectivity index (χ2v) is 11.8. The summed E-state index contributed by atoms with van der Waals surface area (Å²) in [4.78, 5) is 40.3. The molecule has 1 saturated heterocycles. The van der Waals surface area contributed by atoms with Crippen LogP contribution in [-0.4, -0.2) is 34.1 Å². The van der Waals surface area contributed by atoms with Crippen LogP contribution in [-0.2, 0) is 28.9 Å². The largest absolute Gasteiger partial charge is 0.514 e. The molecule has 0 amide bonds. The number of carbonyl (C=O) groups excluding carboxylic acids is 3. The van der Waals surface area contributed by atoms with Crippen molar-refractivity contribution in [3.8, 4) is 11.6 Å². The lowest BCUT2D eigenvalue weighted by Crippen LogP contribution is -2.44. The average molecular weight is 560 g/mol. The van der Waals surface area contributed by atoms with Crippen LogP contribution in [0.5, 0.6) is 11.6 Å². The van der Waals surface area contributed by atoms with Gasteiger partial charge in [0.2, 0.25) is 11.4 Å². The Labute approximate surface area is 234 Å². The Kier molecular flexibility index (Phi) is 5.45. The van der Waals surface area contributed by atoms with Crippen LogP contribution in [0.2, 0.25) is 0 Å². The van der Waals surface area contributed by atoms with Crippen LogP contribution in [0, 0.1) is 17.7 Å². The van der Waals surface area contributed by atoms with Gasteiger partial charge in [-0.3, -0.25) is 9.59 Å². The van der Waals surface area contributed by atoms with Gasteiger partial charge in [-0.1, -0.05) is 30.3 Å². The van der Waals surface area contributed by atoms with E-state index in [0.717, 1.165) is 5.56 Å². The third-order valence-electron chi connectivity index (χ3n) is 8.02. The molecule has 0 N–H and O–H groups in total. The van der Waals surface area contributed by atoms with Crippen LogP contribution >= 0.6 is 0 Å². The number of Topliss-reactive ketones (excluding diaryl/α,β-unsaturated/α-hetero) is 2. The van der Waals surface area contributed by atoms with Gasteiger partial charge in [-0.15, -0.1) is 0 Å². The topological polar surface area (TPSA) is 117 Å². The molecule has 210 valence electrons. The SMILES string of the molecule is CC(C)(C)OC(=O)Oc1ccc(F)c2c1C(=O)C1=C3O[C@]34C(=O)c3c(OCc5ccccc5)noc3C[C@@H]4CC1C2. The number of fused-ring (bicyclic) bond motifs is 3. The summed E-state index contributed by atoms with van der Waals surface area (Å²) in [6.45, 7) is 5.24. The zero-order valence-electron chi connectivity index (χ0n) is 22.6. The van der Waals surface area contributed by atoms with Crippen molar-refractivity contribution in [2.75, 3.05) is 0 Å². The molecule has 4 aliphatic rings. The highest BCUT2D eigenvalue weighted by molar-refractivity contribution is 6.17. The molecule has 3 aromatic rings. The molecule has 0 radical (unpaired) electrons. The van der Waals surface area contributed by atoms with Crippen LogP contribution < -0.4 is 9.47 Å². The highest BCUT2D eigenvalue weighted by atomic mass is 19.1. The lowest BCUT2D eigenvalue weighted by molar-refractivity contribution is 0.0204. The number of rotatable bonds is 4. The van der Waals surface area contributed by atoms with Gasteiger partial charge in [0.05, 0.1) is 5.56 Å². The van der Waals surface area contributed by atoms with Crippen LogP contribution in [0.1, 0.15) is 64.8 Å². The maximum atomic E-state index is 15.0. The number of ether oxygens (including phenoxy) is 4. The monoisotopic (exact) mass is 559 g/mol. The molecule has 1 fully saturated rings. The molecule has 0 bridgehead atoms. The van der Waals surface area contributed by atoms with E-state index in [0.29, 0.717) is 24.2 Å². The molecule has 2 heterocycles. The standard InChI is InChI=1S/C31H26FNO8/c1-30(2,3)40-29(36)38-20-10-9-19(32)18-12-16-11-17-13-21-24(28(33-41-21)37-14-15-7-5-4-6-8-15)26(35)31(17)27(39-31)22(16)25(34)23(18)20/h4-10,16-17H,11-14H2,1-3H3/t16?,17-,31+/m0/s1. The Balaban J connectivity index is 1.22. The van der Waals surface area contributed by atoms with Crippen molar-refractivity contribution >= 4 is 17.7 Å². The number of allylic oxidation sites excluding steroid dienone is 1. The van der Waals surface area contributed by atoms with E-state index in [1.54, 1.807) is 20.8 Å². The maximum absolute atomic E-state index is 15.0. The summed E-state index contributed by atoms with van der Waals surface area (Å²) in [6, 6.07) is 11.9. The van der Waals surface area contributed by atoms with E-state index in [9.17, 15) is 14.4 Å². The van der Waals surface area contributed by atoms with Crippen molar-refractivity contribution in [1.82, 2.24) is 5.16 Å². The minimum absolute atomic E-state index is 0.0560. The molecule has 1 unspecified atom stereocenters. The number of carbonyl (C=O) groups is 3. The fraction of sp³-hybridized carbons (Fsp3) is 0.355. The molecule has 3 atom stereocenters. The van der Waals surface area contributed by atoms with E-state index >= 15 is 4.39 Å². The summed E-state index contributed by atoms with van der Waals surface area (Å²) >= 11 is 0. The molecule has 2 aromatic carbocycles. The minimum Gasteiger partial charge on any atom is -0.470 e. The van der Waals surface area contributed by atoms with Gasteiger partial charge in [0, 0.05) is 23.5 Å². The summed E-state index contributed by atoms with van der Waals surface area (Å²) in [6.07, 6.45) is -0.0448. The number of epoxide rings is 1. The van der Waals surface area contributed by atoms with E-state index in [1.807, 2.05) is 30.3 Å². The summed E-state index contributed by atoms with van der Waals surface area (Å²) < 4.78 is 43.1. The van der Waals surface area contributed by atoms with Gasteiger partial charge in [-0.2, -0.15) is 0 Å². The Bertz CT molecular complexity index is 1670. The van der Waals surface area contributed by atoms with E-state index in [1.165, 1.54) is 12.1 Å². The Morgan fingerprint density at radius 1 is 1.10 bits per heavy atom. The number of benzene rings is 2. The molecule has 1 spiro atoms. The first-order valence-electron chi connectivity index (χ1n) is 13.5. The molecule has 3 aliphatic carbocycles. The van der Waals surface area contributed by atoms with Gasteiger partial charge in [0.15, 0.2) is 17.3 Å². The molecule has 9 nitrogen and oxygen atoms in total. The summed E-state index contributed by atoms with van der Waals surface area (Å²) in [5, 5.41) is 4.02. The average Bonchev–Trinajstić information content (AvgIpc) is 3.54. The Morgan fingerprint density at radius 3 is 2.63 bits per heavy atom. The Hall–Kier alpha value is -4.47. The zero-order chi connectivity index (χ0) is 28.7. The van der Waals surface area contributed by atoms with Gasteiger partial charge < -0.3 is 23.5 Å². The molecule has 7 rings (SSSR count). The summed E-state index contributed by atoms with van der Waals surface area (Å²) in [5.74, 6) is -1.46. The van der Waals surface area contributed by atoms with E-state index < -0.39 is 29.0 Å². The van der Waals surface area contributed by atoms with Gasteiger partial charge in [-0.25, -0.2) is 9.18 Å². The van der Waals surface area contributed by atoms with Crippen LogP contribution in [0.25, 0.3) is 0 Å². The van der Waals surface area contributed by atoms with Crippen LogP contribution in [0.3, 0.4) is 0 Å². The van der Waals surface area contributed by atoms with Crippen LogP contribution in [0.15, 0.2) is 58.3 Å².